The molecule has 0 amide bonds. The van der Waals surface area contributed by atoms with Crippen LogP contribution in [0.4, 0.5) is 0 Å². The van der Waals surface area contributed by atoms with Gasteiger partial charge >= 0.3 is 0 Å². The van der Waals surface area contributed by atoms with Crippen LogP contribution in [-0.2, 0) is 0 Å². The van der Waals surface area contributed by atoms with Gasteiger partial charge in [0, 0.05) is 0 Å². The van der Waals surface area contributed by atoms with E-state index in [1.807, 2.05) is 6.92 Å². The van der Waals surface area contributed by atoms with Gasteiger partial charge in [0.2, 0.25) is 0 Å². The van der Waals surface area contributed by atoms with Crippen molar-refractivity contribution in [2.45, 2.75) is 83.5 Å². The number of hydrogen-bond donors (Lipinski definition) is 3. The topological polar surface area (TPSA) is 60.7 Å². The van der Waals surface area contributed by atoms with Gasteiger partial charge in [0.1, 0.15) is 0 Å². The van der Waals surface area contributed by atoms with Gasteiger partial charge in [-0.2, -0.15) is 0 Å². The molecule has 0 radical (unpaired) electrons. The zero-order chi connectivity index (χ0) is 16.6. The Morgan fingerprint density at radius 1 is 0.957 bits per heavy atom. The fraction of sp³-hybridized carbons (Fsp3) is 0.900. The van der Waals surface area contributed by atoms with Gasteiger partial charge in [-0.1, -0.05) is 25.5 Å². The van der Waals surface area contributed by atoms with E-state index in [4.69, 9.17) is 0 Å². The molecule has 0 bridgehead atoms. The van der Waals surface area contributed by atoms with Crippen LogP contribution in [0.1, 0.15) is 65.7 Å². The van der Waals surface area contributed by atoms with Crippen LogP contribution in [0.15, 0.2) is 11.6 Å². The van der Waals surface area contributed by atoms with Crippen molar-refractivity contribution in [2.75, 3.05) is 0 Å². The van der Waals surface area contributed by atoms with Crippen molar-refractivity contribution in [1.29, 1.82) is 0 Å². The number of aliphatic hydroxyl groups is 3. The second kappa shape index (κ2) is 4.83. The van der Waals surface area contributed by atoms with Crippen LogP contribution in [0.2, 0.25) is 0 Å². The molecule has 0 aliphatic heterocycles. The molecule has 0 spiro atoms. The summed E-state index contributed by atoms with van der Waals surface area (Å²) in [6, 6.07) is 0. The molecule has 4 rings (SSSR count). The van der Waals surface area contributed by atoms with Gasteiger partial charge in [-0.3, -0.25) is 0 Å². The van der Waals surface area contributed by atoms with Crippen LogP contribution >= 0.6 is 0 Å². The van der Waals surface area contributed by atoms with E-state index in [1.165, 1.54) is 5.57 Å². The Balaban J connectivity index is 1.73. The molecule has 4 aliphatic rings. The van der Waals surface area contributed by atoms with Crippen molar-refractivity contribution < 1.29 is 15.3 Å². The van der Waals surface area contributed by atoms with Crippen molar-refractivity contribution in [3.8, 4) is 0 Å². The molecule has 0 saturated heterocycles. The lowest BCUT2D eigenvalue weighted by atomic mass is 9.46. The monoisotopic (exact) mass is 320 g/mol. The molecule has 3 nitrogen and oxygen atoms in total. The predicted octanol–water partition coefficient (Wildman–Crippen LogP) is 3.03. The molecule has 0 aromatic heterocycles. The summed E-state index contributed by atoms with van der Waals surface area (Å²) >= 11 is 0. The predicted molar refractivity (Wildman–Crippen MR) is 89.7 cm³/mol. The Bertz CT molecular complexity index is 539. The van der Waals surface area contributed by atoms with E-state index in [1.54, 1.807) is 0 Å². The number of hydrogen-bond acceptors (Lipinski definition) is 3. The minimum absolute atomic E-state index is 0.00991. The molecule has 23 heavy (non-hydrogen) atoms. The normalized spacial score (nSPS) is 58.9. The Morgan fingerprint density at radius 3 is 2.43 bits per heavy atom. The molecular formula is C20H32O3. The zero-order valence-corrected chi connectivity index (χ0v) is 14.8. The summed E-state index contributed by atoms with van der Waals surface area (Å²) in [5, 5.41) is 31.9. The molecule has 0 aromatic carbocycles. The molecule has 4 aliphatic carbocycles. The van der Waals surface area contributed by atoms with Gasteiger partial charge in [-0.05, 0) is 80.5 Å². The number of aliphatic hydroxyl groups excluding tert-OH is 2. The highest BCUT2D eigenvalue weighted by Crippen LogP contribution is 2.65. The highest BCUT2D eigenvalue weighted by Gasteiger charge is 2.61. The summed E-state index contributed by atoms with van der Waals surface area (Å²) < 4.78 is 0. The van der Waals surface area contributed by atoms with E-state index in [0.717, 1.165) is 38.5 Å². The van der Waals surface area contributed by atoms with Crippen LogP contribution in [-0.4, -0.2) is 33.1 Å². The lowest BCUT2D eigenvalue weighted by Gasteiger charge is -2.59. The Kier molecular flexibility index (Phi) is 3.38. The smallest absolute Gasteiger partial charge is 0.0757 e. The van der Waals surface area contributed by atoms with Gasteiger partial charge in [-0.15, -0.1) is 0 Å². The van der Waals surface area contributed by atoms with Gasteiger partial charge in [-0.25, -0.2) is 0 Å². The molecule has 3 saturated carbocycles. The molecule has 3 heteroatoms. The molecule has 0 aromatic rings. The molecule has 0 heterocycles. The largest absolute Gasteiger partial charge is 0.393 e. The van der Waals surface area contributed by atoms with Crippen LogP contribution in [0.3, 0.4) is 0 Å². The second-order valence-electron chi connectivity index (χ2n) is 9.70. The van der Waals surface area contributed by atoms with Gasteiger partial charge < -0.3 is 15.3 Å². The first kappa shape index (κ1) is 16.1. The van der Waals surface area contributed by atoms with E-state index < -0.39 is 11.7 Å². The Labute approximate surface area is 139 Å². The van der Waals surface area contributed by atoms with Crippen molar-refractivity contribution in [1.82, 2.24) is 0 Å². The number of fused-ring (bicyclic) bond motifs is 5. The minimum atomic E-state index is -0.620. The third kappa shape index (κ3) is 2.12. The summed E-state index contributed by atoms with van der Waals surface area (Å²) in [6.45, 7) is 6.54. The third-order valence-corrected chi connectivity index (χ3v) is 8.36. The summed E-state index contributed by atoms with van der Waals surface area (Å²) in [5.41, 5.74) is 0.778. The van der Waals surface area contributed by atoms with E-state index in [2.05, 4.69) is 19.9 Å². The van der Waals surface area contributed by atoms with Crippen LogP contribution < -0.4 is 0 Å². The van der Waals surface area contributed by atoms with Crippen molar-refractivity contribution >= 4 is 0 Å². The SMILES string of the molecule is CC1(O)CC[C@@]2(C)C(=CC(O)[C@@H]3[C@H]2CC[C@]2(C)C(O)CC[C@@H]32)C1. The summed E-state index contributed by atoms with van der Waals surface area (Å²) in [5.74, 6) is 1.21. The van der Waals surface area contributed by atoms with E-state index in [9.17, 15) is 15.3 Å². The van der Waals surface area contributed by atoms with Gasteiger partial charge in [0.05, 0.1) is 17.8 Å². The highest BCUT2D eigenvalue weighted by atomic mass is 16.3. The summed E-state index contributed by atoms with van der Waals surface area (Å²) in [7, 11) is 0. The molecule has 130 valence electrons. The first-order valence-electron chi connectivity index (χ1n) is 9.47. The third-order valence-electron chi connectivity index (χ3n) is 8.36. The maximum atomic E-state index is 10.9. The Hall–Kier alpha value is -0.380. The van der Waals surface area contributed by atoms with E-state index >= 15 is 0 Å². The van der Waals surface area contributed by atoms with Crippen molar-refractivity contribution in [2.24, 2.45) is 28.6 Å². The molecular weight excluding hydrogens is 288 g/mol. The standard InChI is InChI=1S/C20H32O3/c1-18(23)8-9-19(2)12(11-18)10-15(21)17-13-4-5-16(22)20(13,3)7-6-14(17)19/h10,13-17,21-23H,4-9,11H2,1-3H3/t13-,14+,15?,16?,17-,18?,19-,20-/m0/s1. The minimum Gasteiger partial charge on any atom is -0.393 e. The first-order chi connectivity index (χ1) is 10.7. The zero-order valence-electron chi connectivity index (χ0n) is 14.8. The van der Waals surface area contributed by atoms with Crippen LogP contribution in [0.25, 0.3) is 0 Å². The molecule has 3 unspecified atom stereocenters. The molecule has 3 N–H and O–H groups in total. The van der Waals surface area contributed by atoms with Crippen LogP contribution in [0.5, 0.6) is 0 Å². The van der Waals surface area contributed by atoms with E-state index in [0.29, 0.717) is 18.3 Å². The Morgan fingerprint density at radius 2 is 1.70 bits per heavy atom. The number of rotatable bonds is 0. The average Bonchev–Trinajstić information content (AvgIpc) is 2.77. The van der Waals surface area contributed by atoms with Crippen molar-refractivity contribution in [3.63, 3.8) is 0 Å². The second-order valence-corrected chi connectivity index (χ2v) is 9.70. The van der Waals surface area contributed by atoms with Crippen molar-refractivity contribution in [3.05, 3.63) is 11.6 Å². The lowest BCUT2D eigenvalue weighted by Crippen LogP contribution is -2.56. The lowest BCUT2D eigenvalue weighted by molar-refractivity contribution is -0.112. The summed E-state index contributed by atoms with van der Waals surface area (Å²) in [4.78, 5) is 0. The highest BCUT2D eigenvalue weighted by molar-refractivity contribution is 5.29. The maximum Gasteiger partial charge on any atom is 0.0757 e. The van der Waals surface area contributed by atoms with Gasteiger partial charge in [0.15, 0.2) is 0 Å². The fourth-order valence-corrected chi connectivity index (χ4v) is 6.77. The average molecular weight is 320 g/mol. The molecule has 3 fully saturated rings. The van der Waals surface area contributed by atoms with Crippen LogP contribution in [0, 0.1) is 28.6 Å². The summed E-state index contributed by atoms with van der Waals surface area (Å²) in [6.07, 6.45) is 8.15. The van der Waals surface area contributed by atoms with E-state index in [-0.39, 0.29) is 22.9 Å². The maximum absolute atomic E-state index is 10.9. The van der Waals surface area contributed by atoms with Gasteiger partial charge in [0.25, 0.3) is 0 Å². The quantitative estimate of drug-likeness (QED) is 0.601. The first-order valence-corrected chi connectivity index (χ1v) is 9.47. The fourth-order valence-electron chi connectivity index (χ4n) is 6.77. The molecule has 8 atom stereocenters.